The van der Waals surface area contributed by atoms with Crippen molar-refractivity contribution in [1.82, 2.24) is 9.80 Å². The molecule has 0 aromatic rings. The van der Waals surface area contributed by atoms with Crippen LogP contribution in [-0.2, 0) is 9.53 Å². The van der Waals surface area contributed by atoms with Gasteiger partial charge in [0.1, 0.15) is 6.10 Å². The monoisotopic (exact) mass is 468 g/mol. The van der Waals surface area contributed by atoms with Gasteiger partial charge in [-0.25, -0.2) is 0 Å². The van der Waals surface area contributed by atoms with Crippen LogP contribution < -0.4 is 0 Å². The Hall–Kier alpha value is -0.610. The molecule has 0 amide bonds. The van der Waals surface area contributed by atoms with Crippen LogP contribution in [0.25, 0.3) is 0 Å². The highest BCUT2D eigenvalue weighted by Gasteiger charge is 2.30. The molecule has 0 aromatic heterocycles. The molecule has 0 spiro atoms. The van der Waals surface area contributed by atoms with E-state index in [-0.39, 0.29) is 17.6 Å². The molecule has 0 heterocycles. The smallest absolute Gasteiger partial charge is 0.306 e. The largest absolute Gasteiger partial charge is 0.462 e. The summed E-state index contributed by atoms with van der Waals surface area (Å²) in [5.41, 5.74) is 0.559. The molecule has 4 heteroatoms. The van der Waals surface area contributed by atoms with Gasteiger partial charge in [0, 0.05) is 18.0 Å². The third kappa shape index (κ3) is 14.4. The fraction of sp³-hybridized carbons (Fsp3) is 0.966. The van der Waals surface area contributed by atoms with Crippen LogP contribution in [0.5, 0.6) is 0 Å². The van der Waals surface area contributed by atoms with Gasteiger partial charge in [-0.3, -0.25) is 9.69 Å². The van der Waals surface area contributed by atoms with Gasteiger partial charge >= 0.3 is 5.97 Å². The van der Waals surface area contributed by atoms with E-state index in [1.807, 2.05) is 14.1 Å². The molecule has 0 aliphatic heterocycles. The average Bonchev–Trinajstić information content (AvgIpc) is 2.70. The Morgan fingerprint density at radius 2 is 1.48 bits per heavy atom. The second-order valence-electron chi connectivity index (χ2n) is 12.3. The van der Waals surface area contributed by atoms with Crippen molar-refractivity contribution in [3.63, 3.8) is 0 Å². The molecule has 33 heavy (non-hydrogen) atoms. The number of ether oxygens (including phenoxy) is 1. The van der Waals surface area contributed by atoms with E-state index in [2.05, 4.69) is 72.2 Å². The van der Waals surface area contributed by atoms with Crippen LogP contribution in [0, 0.1) is 11.3 Å². The highest BCUT2D eigenvalue weighted by Crippen LogP contribution is 2.32. The van der Waals surface area contributed by atoms with E-state index >= 15 is 0 Å². The van der Waals surface area contributed by atoms with E-state index in [4.69, 9.17) is 4.74 Å². The number of hydrogen-bond donors (Lipinski definition) is 0. The first kappa shape index (κ1) is 32.4. The molecule has 0 fully saturated rings. The molecule has 4 nitrogen and oxygen atoms in total. The Balaban J connectivity index is 4.94. The summed E-state index contributed by atoms with van der Waals surface area (Å²) in [4.78, 5) is 17.2. The van der Waals surface area contributed by atoms with Gasteiger partial charge in [-0.1, -0.05) is 41.5 Å². The second-order valence-corrected chi connectivity index (χ2v) is 12.3. The first-order valence-electron chi connectivity index (χ1n) is 13.8. The number of rotatable bonds is 19. The first-order valence-corrected chi connectivity index (χ1v) is 13.8. The number of esters is 1. The van der Waals surface area contributed by atoms with Crippen molar-refractivity contribution in [2.24, 2.45) is 11.3 Å². The standard InChI is InChI=1S/C29H60N2O2/c1-12-25(5)31(11)29(8,13-2)21-15-18-26(33-27(32)19-16-22-30(9)10)17-14-20-28(6,7)23-24(3)4/h24-26H,12-23H2,1-11H3. The van der Waals surface area contributed by atoms with Gasteiger partial charge in [-0.05, 0) is 117 Å². The zero-order valence-electron chi connectivity index (χ0n) is 24.4. The molecule has 0 bridgehead atoms. The summed E-state index contributed by atoms with van der Waals surface area (Å²) < 4.78 is 6.03. The van der Waals surface area contributed by atoms with E-state index in [0.717, 1.165) is 57.4 Å². The fourth-order valence-electron chi connectivity index (χ4n) is 5.18. The highest BCUT2D eigenvalue weighted by atomic mass is 16.5. The Bertz CT molecular complexity index is 518. The first-order chi connectivity index (χ1) is 15.3. The van der Waals surface area contributed by atoms with Gasteiger partial charge in [0.2, 0.25) is 0 Å². The molecule has 0 radical (unpaired) electrons. The maximum Gasteiger partial charge on any atom is 0.306 e. The zero-order valence-corrected chi connectivity index (χ0v) is 24.4. The van der Waals surface area contributed by atoms with E-state index in [0.29, 0.717) is 17.9 Å². The van der Waals surface area contributed by atoms with Crippen molar-refractivity contribution < 1.29 is 9.53 Å². The molecule has 0 aliphatic carbocycles. The second kappa shape index (κ2) is 16.1. The summed E-state index contributed by atoms with van der Waals surface area (Å²) in [5, 5.41) is 0. The number of carbonyl (C=O) groups excluding carboxylic acids is 1. The SMILES string of the molecule is CCC(C)N(C)C(C)(CC)CCCC(CCCC(C)(C)CC(C)C)OC(=O)CCCN(C)C. The molecular weight excluding hydrogens is 408 g/mol. The van der Waals surface area contributed by atoms with E-state index in [9.17, 15) is 4.79 Å². The van der Waals surface area contributed by atoms with Crippen LogP contribution in [0.15, 0.2) is 0 Å². The van der Waals surface area contributed by atoms with Gasteiger partial charge < -0.3 is 9.64 Å². The quantitative estimate of drug-likeness (QED) is 0.183. The normalized spacial score (nSPS) is 16.3. The van der Waals surface area contributed by atoms with Gasteiger partial charge in [0.05, 0.1) is 0 Å². The molecule has 3 atom stereocenters. The van der Waals surface area contributed by atoms with Crippen molar-refractivity contribution >= 4 is 5.97 Å². The molecular formula is C29H60N2O2. The maximum absolute atomic E-state index is 12.5. The van der Waals surface area contributed by atoms with Crippen molar-refractivity contribution in [2.45, 2.75) is 144 Å². The average molecular weight is 469 g/mol. The van der Waals surface area contributed by atoms with Crippen molar-refractivity contribution in [1.29, 1.82) is 0 Å². The van der Waals surface area contributed by atoms with E-state index in [1.165, 1.54) is 19.3 Å². The lowest BCUT2D eigenvalue weighted by Crippen LogP contribution is -2.48. The lowest BCUT2D eigenvalue weighted by Gasteiger charge is -2.42. The van der Waals surface area contributed by atoms with Crippen LogP contribution in [0.4, 0.5) is 0 Å². The zero-order chi connectivity index (χ0) is 25.7. The van der Waals surface area contributed by atoms with E-state index in [1.54, 1.807) is 0 Å². The van der Waals surface area contributed by atoms with Crippen molar-refractivity contribution in [3.8, 4) is 0 Å². The number of nitrogens with zero attached hydrogens (tertiary/aromatic N) is 2. The molecule has 0 aliphatic rings. The number of carbonyl (C=O) groups is 1. The van der Waals surface area contributed by atoms with Crippen molar-refractivity contribution in [2.75, 3.05) is 27.7 Å². The lowest BCUT2D eigenvalue weighted by molar-refractivity contribution is -0.150. The minimum Gasteiger partial charge on any atom is -0.462 e. The molecule has 0 saturated carbocycles. The Morgan fingerprint density at radius 3 is 1.97 bits per heavy atom. The summed E-state index contributed by atoms with van der Waals surface area (Å²) >= 11 is 0. The summed E-state index contributed by atoms with van der Waals surface area (Å²) in [5.74, 6) is 0.706. The minimum absolute atomic E-state index is 0.0155. The fourth-order valence-corrected chi connectivity index (χ4v) is 5.18. The van der Waals surface area contributed by atoms with Crippen LogP contribution in [0.1, 0.15) is 126 Å². The molecule has 3 unspecified atom stereocenters. The Kier molecular flexibility index (Phi) is 15.8. The topological polar surface area (TPSA) is 32.8 Å². The lowest BCUT2D eigenvalue weighted by atomic mass is 9.79. The number of hydrogen-bond acceptors (Lipinski definition) is 4. The molecule has 0 saturated heterocycles. The molecule has 0 rings (SSSR count). The molecule has 0 aromatic carbocycles. The summed E-state index contributed by atoms with van der Waals surface area (Å²) in [6.45, 7) is 19.6. The Morgan fingerprint density at radius 1 is 0.909 bits per heavy atom. The van der Waals surface area contributed by atoms with Crippen LogP contribution in [0.3, 0.4) is 0 Å². The summed E-state index contributed by atoms with van der Waals surface area (Å²) in [7, 11) is 6.37. The predicted octanol–water partition coefficient (Wildman–Crippen LogP) is 7.55. The van der Waals surface area contributed by atoms with Crippen LogP contribution in [-0.4, -0.2) is 61.1 Å². The summed E-state index contributed by atoms with van der Waals surface area (Å²) in [6, 6.07) is 0.587. The van der Waals surface area contributed by atoms with Gasteiger partial charge in [0.25, 0.3) is 0 Å². The molecule has 198 valence electrons. The predicted molar refractivity (Wildman–Crippen MR) is 145 cm³/mol. The Labute approximate surface area is 208 Å². The van der Waals surface area contributed by atoms with Crippen molar-refractivity contribution in [3.05, 3.63) is 0 Å². The van der Waals surface area contributed by atoms with Gasteiger partial charge in [0.15, 0.2) is 0 Å². The van der Waals surface area contributed by atoms with Crippen LogP contribution >= 0.6 is 0 Å². The van der Waals surface area contributed by atoms with Gasteiger partial charge in [-0.15, -0.1) is 0 Å². The summed E-state index contributed by atoms with van der Waals surface area (Å²) in [6.07, 6.45) is 11.6. The van der Waals surface area contributed by atoms with E-state index < -0.39 is 0 Å². The van der Waals surface area contributed by atoms with Gasteiger partial charge in [-0.2, -0.15) is 0 Å². The third-order valence-corrected chi connectivity index (χ3v) is 7.73. The van der Waals surface area contributed by atoms with Crippen LogP contribution in [0.2, 0.25) is 0 Å². The highest BCUT2D eigenvalue weighted by molar-refractivity contribution is 5.69. The third-order valence-electron chi connectivity index (χ3n) is 7.73. The maximum atomic E-state index is 12.5. The minimum atomic E-state index is -0.0155. The molecule has 0 N–H and O–H groups in total.